The van der Waals surface area contributed by atoms with E-state index in [2.05, 4.69) is 5.32 Å². The summed E-state index contributed by atoms with van der Waals surface area (Å²) in [4.78, 5) is 18.1. The molecule has 31 heavy (non-hydrogen) atoms. The molecule has 5 nitrogen and oxygen atoms in total. The van der Waals surface area contributed by atoms with Gasteiger partial charge >= 0.3 is 0 Å². The smallest absolute Gasteiger partial charge is 0.256 e. The Labute approximate surface area is 185 Å². The van der Waals surface area contributed by atoms with Crippen molar-refractivity contribution in [2.24, 2.45) is 0 Å². The Morgan fingerprint density at radius 2 is 1.65 bits per heavy atom. The molecule has 0 atom stereocenters. The molecule has 1 amide bonds. The molecule has 6 heteroatoms. The van der Waals surface area contributed by atoms with Crippen LogP contribution in [0, 0.1) is 6.92 Å². The van der Waals surface area contributed by atoms with E-state index in [1.807, 2.05) is 61.5 Å². The Balaban J connectivity index is 1.80. The van der Waals surface area contributed by atoms with Gasteiger partial charge in [-0.2, -0.15) is 0 Å². The lowest BCUT2D eigenvalue weighted by atomic mass is 10.0. The van der Waals surface area contributed by atoms with Gasteiger partial charge in [0.2, 0.25) is 0 Å². The van der Waals surface area contributed by atoms with Crippen molar-refractivity contribution in [3.63, 3.8) is 0 Å². The quantitative estimate of drug-likeness (QED) is 0.412. The number of rotatable bonds is 5. The molecule has 0 radical (unpaired) electrons. The van der Waals surface area contributed by atoms with Crippen LogP contribution in [0.1, 0.15) is 15.9 Å². The zero-order chi connectivity index (χ0) is 22.0. The molecule has 0 aliphatic carbocycles. The number of fused-ring (bicyclic) bond motifs is 1. The van der Waals surface area contributed by atoms with Crippen LogP contribution in [-0.2, 0) is 0 Å². The third kappa shape index (κ3) is 4.18. The number of carbonyl (C=O) groups excluding carboxylic acids is 1. The van der Waals surface area contributed by atoms with Crippen molar-refractivity contribution in [1.29, 1.82) is 0 Å². The van der Waals surface area contributed by atoms with Gasteiger partial charge in [-0.1, -0.05) is 59.6 Å². The van der Waals surface area contributed by atoms with Crippen LogP contribution in [0.2, 0.25) is 5.02 Å². The lowest BCUT2D eigenvalue weighted by molar-refractivity contribution is 0.102. The number of hydrogen-bond acceptors (Lipinski definition) is 4. The molecule has 4 aromatic rings. The molecule has 0 bridgehead atoms. The number of ether oxygens (including phenoxy) is 2. The van der Waals surface area contributed by atoms with Crippen molar-refractivity contribution in [1.82, 2.24) is 4.98 Å². The highest BCUT2D eigenvalue weighted by molar-refractivity contribution is 6.32. The highest BCUT2D eigenvalue weighted by Gasteiger charge is 2.17. The summed E-state index contributed by atoms with van der Waals surface area (Å²) < 4.78 is 10.7. The highest BCUT2D eigenvalue weighted by atomic mass is 35.5. The van der Waals surface area contributed by atoms with Gasteiger partial charge in [0, 0.05) is 23.1 Å². The lowest BCUT2D eigenvalue weighted by Gasteiger charge is -2.14. The Hall–Kier alpha value is -3.57. The monoisotopic (exact) mass is 432 g/mol. The Morgan fingerprint density at radius 3 is 2.35 bits per heavy atom. The second-order valence-corrected chi connectivity index (χ2v) is 7.49. The first-order chi connectivity index (χ1) is 15.0. The third-order valence-electron chi connectivity index (χ3n) is 5.03. The van der Waals surface area contributed by atoms with Crippen LogP contribution in [0.4, 0.5) is 5.69 Å². The zero-order valence-electron chi connectivity index (χ0n) is 17.4. The molecule has 3 aromatic carbocycles. The van der Waals surface area contributed by atoms with Crippen molar-refractivity contribution >= 4 is 34.1 Å². The fourth-order valence-electron chi connectivity index (χ4n) is 3.38. The van der Waals surface area contributed by atoms with Crippen LogP contribution in [-0.4, -0.2) is 25.1 Å². The standard InChI is InChI=1S/C25H21ClN2O3/c1-15-8-10-16(11-9-15)21-12-18(17-6-4-5-7-20(17)27-21)25(29)28-22-14-23(30-2)19(26)13-24(22)31-3/h4-14H,1-3H3,(H,28,29). The zero-order valence-corrected chi connectivity index (χ0v) is 18.2. The fourth-order valence-corrected chi connectivity index (χ4v) is 3.61. The maximum absolute atomic E-state index is 13.4. The molecular weight excluding hydrogens is 412 g/mol. The van der Waals surface area contributed by atoms with E-state index in [0.29, 0.717) is 27.8 Å². The number of halogens is 1. The summed E-state index contributed by atoms with van der Waals surface area (Å²) in [6.45, 7) is 2.03. The second-order valence-electron chi connectivity index (χ2n) is 7.08. The van der Waals surface area contributed by atoms with Crippen molar-refractivity contribution in [3.05, 3.63) is 82.9 Å². The molecule has 0 aliphatic rings. The summed E-state index contributed by atoms with van der Waals surface area (Å²) in [6.07, 6.45) is 0. The number of aromatic nitrogens is 1. The molecule has 156 valence electrons. The molecule has 0 spiro atoms. The molecule has 1 N–H and O–H groups in total. The predicted octanol–water partition coefficient (Wildman–Crippen LogP) is 6.13. The number of nitrogens with one attached hydrogen (secondary N) is 1. The topological polar surface area (TPSA) is 60.5 Å². The van der Waals surface area contributed by atoms with E-state index >= 15 is 0 Å². The minimum absolute atomic E-state index is 0.283. The van der Waals surface area contributed by atoms with Crippen molar-refractivity contribution in [2.45, 2.75) is 6.92 Å². The summed E-state index contributed by atoms with van der Waals surface area (Å²) >= 11 is 6.19. The van der Waals surface area contributed by atoms with Crippen LogP contribution >= 0.6 is 11.6 Å². The van der Waals surface area contributed by atoms with E-state index in [0.717, 1.165) is 27.7 Å². The van der Waals surface area contributed by atoms with Crippen molar-refractivity contribution in [3.8, 4) is 22.8 Å². The summed E-state index contributed by atoms with van der Waals surface area (Å²) in [5, 5.41) is 4.09. The van der Waals surface area contributed by atoms with Crippen molar-refractivity contribution < 1.29 is 14.3 Å². The van der Waals surface area contributed by atoms with Gasteiger partial charge in [0.05, 0.1) is 41.7 Å². The molecule has 0 unspecified atom stereocenters. The van der Waals surface area contributed by atoms with Gasteiger partial charge in [-0.25, -0.2) is 4.98 Å². The molecule has 4 rings (SSSR count). The molecule has 0 saturated carbocycles. The Kier molecular flexibility index (Phi) is 5.78. The van der Waals surface area contributed by atoms with Crippen LogP contribution in [0.15, 0.2) is 66.7 Å². The van der Waals surface area contributed by atoms with Crippen LogP contribution < -0.4 is 14.8 Å². The van der Waals surface area contributed by atoms with Crippen LogP contribution in [0.5, 0.6) is 11.5 Å². The van der Waals surface area contributed by atoms with Gasteiger partial charge in [0.15, 0.2) is 0 Å². The second kappa shape index (κ2) is 8.66. The highest BCUT2D eigenvalue weighted by Crippen LogP contribution is 2.36. The Morgan fingerprint density at radius 1 is 0.935 bits per heavy atom. The van der Waals surface area contributed by atoms with Gasteiger partial charge in [-0.05, 0) is 19.1 Å². The summed E-state index contributed by atoms with van der Waals surface area (Å²) in [7, 11) is 3.04. The summed E-state index contributed by atoms with van der Waals surface area (Å²) in [5.41, 5.74) is 4.54. The van der Waals surface area contributed by atoms with Crippen LogP contribution in [0.25, 0.3) is 22.2 Å². The van der Waals surface area contributed by atoms with Gasteiger partial charge in [0.1, 0.15) is 11.5 Å². The first-order valence-electron chi connectivity index (χ1n) is 9.70. The lowest BCUT2D eigenvalue weighted by Crippen LogP contribution is -2.14. The minimum Gasteiger partial charge on any atom is -0.495 e. The van der Waals surface area contributed by atoms with Gasteiger partial charge in [0.25, 0.3) is 5.91 Å². The van der Waals surface area contributed by atoms with Gasteiger partial charge < -0.3 is 14.8 Å². The number of nitrogens with zero attached hydrogens (tertiary/aromatic N) is 1. The van der Waals surface area contributed by atoms with E-state index < -0.39 is 0 Å². The average molecular weight is 433 g/mol. The first-order valence-corrected chi connectivity index (χ1v) is 10.1. The number of amides is 1. The predicted molar refractivity (Wildman–Crippen MR) is 124 cm³/mol. The molecule has 1 aromatic heterocycles. The van der Waals surface area contributed by atoms with E-state index in [1.165, 1.54) is 14.2 Å². The Bertz CT molecular complexity index is 1270. The van der Waals surface area contributed by atoms with E-state index in [-0.39, 0.29) is 5.91 Å². The minimum atomic E-state index is -0.283. The third-order valence-corrected chi connectivity index (χ3v) is 5.33. The average Bonchev–Trinajstić information content (AvgIpc) is 2.79. The number of para-hydroxylation sites is 1. The molecular formula is C25H21ClN2O3. The number of methoxy groups -OCH3 is 2. The normalized spacial score (nSPS) is 10.7. The number of benzene rings is 3. The van der Waals surface area contributed by atoms with Crippen molar-refractivity contribution in [2.75, 3.05) is 19.5 Å². The maximum atomic E-state index is 13.4. The largest absolute Gasteiger partial charge is 0.495 e. The number of aryl methyl sites for hydroxylation is 1. The van der Waals surface area contributed by atoms with E-state index in [1.54, 1.807) is 12.1 Å². The fraction of sp³-hybridized carbons (Fsp3) is 0.120. The number of pyridine rings is 1. The van der Waals surface area contributed by atoms with E-state index in [4.69, 9.17) is 26.1 Å². The van der Waals surface area contributed by atoms with Gasteiger partial charge in [-0.3, -0.25) is 4.79 Å². The maximum Gasteiger partial charge on any atom is 0.256 e. The summed E-state index contributed by atoms with van der Waals surface area (Å²) in [6, 6.07) is 20.7. The van der Waals surface area contributed by atoms with E-state index in [9.17, 15) is 4.79 Å². The molecule has 1 heterocycles. The first kappa shape index (κ1) is 20.7. The van der Waals surface area contributed by atoms with Gasteiger partial charge in [-0.15, -0.1) is 0 Å². The van der Waals surface area contributed by atoms with Crippen LogP contribution in [0.3, 0.4) is 0 Å². The molecule has 0 fully saturated rings. The number of carbonyl (C=O) groups is 1. The number of anilines is 1. The number of hydrogen-bond donors (Lipinski definition) is 1. The molecule has 0 saturated heterocycles. The SMILES string of the molecule is COc1cc(NC(=O)c2cc(-c3ccc(C)cc3)nc3ccccc23)c(OC)cc1Cl. The molecule has 0 aliphatic heterocycles. The summed E-state index contributed by atoms with van der Waals surface area (Å²) in [5.74, 6) is 0.601.